The molecular weight excluding hydrogens is 460 g/mol. The van der Waals surface area contributed by atoms with Crippen LogP contribution < -0.4 is 5.32 Å². The fourth-order valence-corrected chi connectivity index (χ4v) is 4.83. The highest BCUT2D eigenvalue weighted by Crippen LogP contribution is 2.34. The normalized spacial score (nSPS) is 16.8. The fraction of sp³-hybridized carbons (Fsp3) is 0.679. The van der Waals surface area contributed by atoms with E-state index in [1.165, 1.54) is 0 Å². The minimum atomic E-state index is -0.777. The lowest BCUT2D eigenvalue weighted by Gasteiger charge is -2.40. The maximum absolute atomic E-state index is 13.7. The van der Waals surface area contributed by atoms with Crippen LogP contribution in [0.3, 0.4) is 0 Å². The molecule has 0 spiro atoms. The lowest BCUT2D eigenvalue weighted by molar-refractivity contribution is -0.161. The van der Waals surface area contributed by atoms with Gasteiger partial charge in [-0.25, -0.2) is 4.79 Å². The molecule has 202 valence electrons. The molecule has 0 radical (unpaired) electrons. The van der Waals surface area contributed by atoms with E-state index in [0.717, 1.165) is 31.2 Å². The van der Waals surface area contributed by atoms with Gasteiger partial charge in [0, 0.05) is 14.2 Å². The van der Waals surface area contributed by atoms with E-state index in [0.29, 0.717) is 0 Å². The van der Waals surface area contributed by atoms with Crippen LogP contribution in [0.4, 0.5) is 4.79 Å². The molecular formula is C28H44N2O6. The van der Waals surface area contributed by atoms with Gasteiger partial charge in [-0.3, -0.25) is 9.59 Å². The zero-order chi connectivity index (χ0) is 26.9. The van der Waals surface area contributed by atoms with Gasteiger partial charge in [-0.1, -0.05) is 57.0 Å². The minimum absolute atomic E-state index is 0.0471. The average molecular weight is 505 g/mol. The Labute approximate surface area is 216 Å². The number of methoxy groups -OCH3 is 1. The number of benzene rings is 1. The number of carbonyl (C=O) groups excluding carboxylic acids is 3. The Morgan fingerprint density at radius 3 is 2.22 bits per heavy atom. The van der Waals surface area contributed by atoms with E-state index in [2.05, 4.69) is 5.32 Å². The third kappa shape index (κ3) is 9.12. The van der Waals surface area contributed by atoms with Gasteiger partial charge in [-0.2, -0.15) is 0 Å². The van der Waals surface area contributed by atoms with E-state index in [4.69, 9.17) is 14.2 Å². The predicted molar refractivity (Wildman–Crippen MR) is 138 cm³/mol. The molecule has 0 heterocycles. The summed E-state index contributed by atoms with van der Waals surface area (Å²) in [6.07, 6.45) is 2.94. The molecule has 0 bridgehead atoms. The van der Waals surface area contributed by atoms with Gasteiger partial charge in [0.2, 0.25) is 5.91 Å². The van der Waals surface area contributed by atoms with Gasteiger partial charge in [0.05, 0.1) is 18.6 Å². The van der Waals surface area contributed by atoms with E-state index in [1.807, 2.05) is 65.0 Å². The number of likely N-dealkylation sites (N-methyl/N-ethyl adjacent to an activating group) is 1. The van der Waals surface area contributed by atoms with Crippen LogP contribution in [-0.2, 0) is 30.4 Å². The zero-order valence-electron chi connectivity index (χ0n) is 22.9. The molecule has 8 heteroatoms. The molecule has 36 heavy (non-hydrogen) atoms. The highest BCUT2D eigenvalue weighted by atomic mass is 16.6. The summed E-state index contributed by atoms with van der Waals surface area (Å²) < 4.78 is 16.7. The molecule has 0 aliphatic heterocycles. The van der Waals surface area contributed by atoms with Crippen LogP contribution in [0, 0.1) is 11.8 Å². The van der Waals surface area contributed by atoms with Gasteiger partial charge < -0.3 is 24.4 Å². The van der Waals surface area contributed by atoms with Gasteiger partial charge in [-0.15, -0.1) is 0 Å². The minimum Gasteiger partial charge on any atom is -0.460 e. The molecule has 0 saturated heterocycles. The molecule has 2 rings (SSSR count). The van der Waals surface area contributed by atoms with Crippen LogP contribution in [0.2, 0.25) is 0 Å². The highest BCUT2D eigenvalue weighted by molar-refractivity contribution is 5.86. The van der Waals surface area contributed by atoms with E-state index >= 15 is 0 Å². The summed E-state index contributed by atoms with van der Waals surface area (Å²) in [5.74, 6) is -0.560. The monoisotopic (exact) mass is 504 g/mol. The molecule has 1 aliphatic rings. The molecule has 1 unspecified atom stereocenters. The van der Waals surface area contributed by atoms with Crippen molar-refractivity contribution >= 4 is 18.0 Å². The topological polar surface area (TPSA) is 94.2 Å². The number of esters is 1. The standard InChI is InChI=1S/C28H44N2O6/c1-19(2)24(29-27(33)35-18-20-13-9-8-10-14-20)26(32)30(6)25(21-15-11-12-16-21)22(34-7)17-23(31)36-28(3,4)5/h8-10,13-14,19,21-22,24-25H,11-12,15-18H2,1-7H3,(H,29,33)/t22-,24?,25+/m1/s1. The van der Waals surface area contributed by atoms with Crippen molar-refractivity contribution in [3.8, 4) is 0 Å². The zero-order valence-corrected chi connectivity index (χ0v) is 22.9. The second-order valence-electron chi connectivity index (χ2n) is 11.0. The summed E-state index contributed by atoms with van der Waals surface area (Å²) in [6, 6.07) is 8.28. The summed E-state index contributed by atoms with van der Waals surface area (Å²) in [5.41, 5.74) is 0.260. The van der Waals surface area contributed by atoms with Crippen LogP contribution in [0.1, 0.15) is 72.3 Å². The lowest BCUT2D eigenvalue weighted by atomic mass is 9.89. The second kappa shape index (κ2) is 13.6. The number of nitrogens with zero attached hydrogens (tertiary/aromatic N) is 1. The second-order valence-corrected chi connectivity index (χ2v) is 11.0. The van der Waals surface area contributed by atoms with Gasteiger partial charge in [0.1, 0.15) is 18.2 Å². The van der Waals surface area contributed by atoms with Gasteiger partial charge in [0.15, 0.2) is 0 Å². The average Bonchev–Trinajstić information content (AvgIpc) is 3.33. The lowest BCUT2D eigenvalue weighted by Crippen LogP contribution is -2.57. The first-order valence-electron chi connectivity index (χ1n) is 12.9. The number of nitrogens with one attached hydrogen (secondary N) is 1. The maximum atomic E-state index is 13.7. The van der Waals surface area contributed by atoms with E-state index in [1.54, 1.807) is 19.1 Å². The van der Waals surface area contributed by atoms with Crippen molar-refractivity contribution in [3.63, 3.8) is 0 Å². The SMILES string of the molecule is CO[C@H](CC(=O)OC(C)(C)C)[C@H](C1CCCC1)N(C)C(=O)C(NC(=O)OCc1ccccc1)C(C)C. The first kappa shape index (κ1) is 29.6. The molecule has 8 nitrogen and oxygen atoms in total. The smallest absolute Gasteiger partial charge is 0.408 e. The summed E-state index contributed by atoms with van der Waals surface area (Å²) in [7, 11) is 3.30. The van der Waals surface area contributed by atoms with E-state index in [9.17, 15) is 14.4 Å². The summed E-state index contributed by atoms with van der Waals surface area (Å²) >= 11 is 0. The molecule has 1 aromatic rings. The van der Waals surface area contributed by atoms with Crippen LogP contribution in [0.5, 0.6) is 0 Å². The summed E-state index contributed by atoms with van der Waals surface area (Å²) in [5, 5.41) is 2.76. The molecule has 1 aromatic carbocycles. The van der Waals surface area contributed by atoms with E-state index < -0.39 is 23.8 Å². The Bertz CT molecular complexity index is 845. The molecule has 1 N–H and O–H groups in total. The number of ether oxygens (including phenoxy) is 3. The van der Waals surface area contributed by atoms with Crippen LogP contribution >= 0.6 is 0 Å². The largest absolute Gasteiger partial charge is 0.460 e. The number of carbonyl (C=O) groups is 3. The Morgan fingerprint density at radius 1 is 1.08 bits per heavy atom. The first-order valence-corrected chi connectivity index (χ1v) is 12.9. The number of rotatable bonds is 11. The highest BCUT2D eigenvalue weighted by Gasteiger charge is 2.41. The maximum Gasteiger partial charge on any atom is 0.408 e. The Morgan fingerprint density at radius 2 is 1.69 bits per heavy atom. The summed E-state index contributed by atoms with van der Waals surface area (Å²) in [6.45, 7) is 9.36. The Hall–Kier alpha value is -2.61. The number of hydrogen-bond acceptors (Lipinski definition) is 6. The third-order valence-corrected chi connectivity index (χ3v) is 6.57. The molecule has 0 aromatic heterocycles. The van der Waals surface area contributed by atoms with Crippen molar-refractivity contribution in [2.45, 2.75) is 97.1 Å². The molecule has 1 fully saturated rings. The third-order valence-electron chi connectivity index (χ3n) is 6.57. The van der Waals surface area contributed by atoms with Crippen molar-refractivity contribution in [1.82, 2.24) is 10.2 Å². The number of amides is 2. The van der Waals surface area contributed by atoms with Crippen LogP contribution in [0.25, 0.3) is 0 Å². The Balaban J connectivity index is 2.15. The van der Waals surface area contributed by atoms with Crippen molar-refractivity contribution in [3.05, 3.63) is 35.9 Å². The molecule has 1 aliphatic carbocycles. The van der Waals surface area contributed by atoms with Gasteiger partial charge >= 0.3 is 12.1 Å². The molecule has 3 atom stereocenters. The van der Waals surface area contributed by atoms with Crippen molar-refractivity contribution < 1.29 is 28.6 Å². The molecule has 1 saturated carbocycles. The van der Waals surface area contributed by atoms with Crippen molar-refractivity contribution in [2.24, 2.45) is 11.8 Å². The van der Waals surface area contributed by atoms with Gasteiger partial charge in [-0.05, 0) is 51.0 Å². The van der Waals surface area contributed by atoms with Crippen molar-refractivity contribution in [1.29, 1.82) is 0 Å². The quantitative estimate of drug-likeness (QED) is 0.439. The Kier molecular flexibility index (Phi) is 11.2. The first-order chi connectivity index (χ1) is 16.9. The molecule has 2 amide bonds. The van der Waals surface area contributed by atoms with Crippen molar-refractivity contribution in [2.75, 3.05) is 14.2 Å². The van der Waals surface area contributed by atoms with Crippen LogP contribution in [-0.4, -0.2) is 60.8 Å². The van der Waals surface area contributed by atoms with E-state index in [-0.39, 0.29) is 42.8 Å². The number of alkyl carbamates (subject to hydrolysis) is 1. The van der Waals surface area contributed by atoms with Gasteiger partial charge in [0.25, 0.3) is 0 Å². The predicted octanol–water partition coefficient (Wildman–Crippen LogP) is 4.70. The fourth-order valence-electron chi connectivity index (χ4n) is 4.83. The summed E-state index contributed by atoms with van der Waals surface area (Å²) in [4.78, 5) is 40.6. The number of hydrogen-bond donors (Lipinski definition) is 1. The van der Waals surface area contributed by atoms with Crippen LogP contribution in [0.15, 0.2) is 30.3 Å².